The van der Waals surface area contributed by atoms with Crippen LogP contribution in [0.4, 0.5) is 0 Å². The summed E-state index contributed by atoms with van der Waals surface area (Å²) < 4.78 is 33.8. The number of rotatable bonds is 10. The van der Waals surface area contributed by atoms with E-state index in [4.69, 9.17) is 39.8 Å². The highest BCUT2D eigenvalue weighted by Gasteiger charge is 2.44. The molecule has 0 aromatic heterocycles. The van der Waals surface area contributed by atoms with Crippen LogP contribution in [0.25, 0.3) is 0 Å². The van der Waals surface area contributed by atoms with E-state index in [1.165, 1.54) is 0 Å². The summed E-state index contributed by atoms with van der Waals surface area (Å²) in [6.07, 6.45) is -2.66. The van der Waals surface area contributed by atoms with Crippen molar-refractivity contribution >= 4 is 18.5 Å². The monoisotopic (exact) mass is 441 g/mol. The highest BCUT2D eigenvalue weighted by Crippen LogP contribution is 2.44. The van der Waals surface area contributed by atoms with Gasteiger partial charge in [0.05, 0.1) is 43.7 Å². The number of hydrogen-bond donors (Lipinski definition) is 1. The van der Waals surface area contributed by atoms with Gasteiger partial charge in [-0.15, -0.1) is 0 Å². The Morgan fingerprint density at radius 3 is 2.39 bits per heavy atom. The van der Waals surface area contributed by atoms with Gasteiger partial charge in [-0.05, 0) is 41.5 Å². The molecule has 0 amide bonds. The molecule has 166 valence electrons. The van der Waals surface area contributed by atoms with E-state index in [-0.39, 0.29) is 43.7 Å². The fourth-order valence-corrected chi connectivity index (χ4v) is 4.81. The van der Waals surface area contributed by atoms with Crippen LogP contribution in [0, 0.1) is 0 Å². The first kappa shape index (κ1) is 24.6. The lowest BCUT2D eigenvalue weighted by Gasteiger charge is -2.34. The van der Waals surface area contributed by atoms with Crippen molar-refractivity contribution in [3.63, 3.8) is 0 Å². The van der Waals surface area contributed by atoms with Crippen LogP contribution in [-0.4, -0.2) is 73.3 Å². The number of aliphatic hydroxyl groups excluding tert-OH is 1. The van der Waals surface area contributed by atoms with Crippen LogP contribution in [0.3, 0.4) is 0 Å². The molecule has 8 atom stereocenters. The second kappa shape index (κ2) is 10.6. The minimum Gasteiger partial charge on any atom is -0.780 e. The lowest BCUT2D eigenvalue weighted by Crippen LogP contribution is -2.38. The Balaban J connectivity index is 1.93. The van der Waals surface area contributed by atoms with Gasteiger partial charge in [-0.1, -0.05) is 11.8 Å². The molecule has 2 heterocycles. The zero-order chi connectivity index (χ0) is 21.1. The fourth-order valence-electron chi connectivity index (χ4n) is 3.38. The molecule has 28 heavy (non-hydrogen) atoms. The van der Waals surface area contributed by atoms with Crippen molar-refractivity contribution in [1.29, 1.82) is 0 Å². The van der Waals surface area contributed by atoms with Crippen molar-refractivity contribution in [2.75, 3.05) is 13.2 Å². The van der Waals surface area contributed by atoms with Crippen LogP contribution in [-0.2, 0) is 39.8 Å². The Morgan fingerprint density at radius 1 is 1.11 bits per heavy atom. The van der Waals surface area contributed by atoms with Gasteiger partial charge < -0.3 is 38.0 Å². The lowest BCUT2D eigenvalue weighted by atomic mass is 10.1. The maximum atomic E-state index is 12.7. The third-order valence-corrected chi connectivity index (χ3v) is 6.19. The van der Waals surface area contributed by atoms with Crippen LogP contribution >= 0.6 is 6.72 Å². The fraction of sp³-hybridized carbons (Fsp3) is 1.00. The maximum absolute atomic E-state index is 12.7. The summed E-state index contributed by atoms with van der Waals surface area (Å²) in [7, 11) is 0. The molecule has 0 spiro atoms. The lowest BCUT2D eigenvalue weighted by molar-refractivity contribution is -0.218. The van der Waals surface area contributed by atoms with E-state index in [0.29, 0.717) is 0 Å². The molecule has 2 saturated heterocycles. The molecular weight excluding hydrogens is 407 g/mol. The molecular formula is C18H34O8PS-. The van der Waals surface area contributed by atoms with Crippen LogP contribution in [0.2, 0.25) is 0 Å². The van der Waals surface area contributed by atoms with Gasteiger partial charge in [-0.25, -0.2) is 0 Å². The van der Waals surface area contributed by atoms with Crippen molar-refractivity contribution in [2.45, 2.75) is 103 Å². The second-order valence-electron chi connectivity index (χ2n) is 8.01. The maximum Gasteiger partial charge on any atom is 0.121 e. The summed E-state index contributed by atoms with van der Waals surface area (Å²) in [6.45, 7) is 7.67. The minimum atomic E-state index is -3.87. The average Bonchev–Trinajstić information content (AvgIpc) is 3.04. The average molecular weight is 442 g/mol. The highest BCUT2D eigenvalue weighted by molar-refractivity contribution is 8.06. The normalized spacial score (nSPS) is 38.4. The molecule has 2 aliphatic rings. The Hall–Kier alpha value is 0.330. The molecule has 2 aliphatic heterocycles. The van der Waals surface area contributed by atoms with Crippen molar-refractivity contribution in [1.82, 2.24) is 0 Å². The van der Waals surface area contributed by atoms with E-state index >= 15 is 0 Å². The third-order valence-electron chi connectivity index (χ3n) is 4.65. The van der Waals surface area contributed by atoms with Gasteiger partial charge in [0, 0.05) is 6.42 Å². The predicted molar refractivity (Wildman–Crippen MR) is 106 cm³/mol. The molecule has 8 unspecified atom stereocenters. The standard InChI is InChI=1S/C18H35O8PS/c1-10(2)21-8-16-18(17(19)13(6)25-16)26-27(20,28)22-9-15-14(23-11(3)4)7-12(5)24-15/h10-19H,7-9H2,1-6H3,(H,20,28)/p-1. The molecule has 0 aromatic carbocycles. The number of ether oxygens (including phenoxy) is 4. The molecule has 0 aliphatic carbocycles. The van der Waals surface area contributed by atoms with E-state index in [0.717, 1.165) is 6.42 Å². The van der Waals surface area contributed by atoms with Crippen LogP contribution in [0.1, 0.15) is 48.0 Å². The topological polar surface area (TPSA) is 98.7 Å². The van der Waals surface area contributed by atoms with Crippen LogP contribution in [0.15, 0.2) is 0 Å². The zero-order valence-electron chi connectivity index (χ0n) is 17.5. The van der Waals surface area contributed by atoms with Gasteiger partial charge in [-0.2, -0.15) is 0 Å². The molecule has 2 fully saturated rings. The van der Waals surface area contributed by atoms with E-state index in [1.54, 1.807) is 6.92 Å². The first-order chi connectivity index (χ1) is 13.0. The Morgan fingerprint density at radius 2 is 1.79 bits per heavy atom. The molecule has 8 nitrogen and oxygen atoms in total. The second-order valence-corrected chi connectivity index (χ2v) is 10.7. The van der Waals surface area contributed by atoms with E-state index in [9.17, 15) is 10.00 Å². The number of aliphatic hydroxyl groups is 1. The Bertz CT molecular complexity index is 534. The Kier molecular flexibility index (Phi) is 9.29. The summed E-state index contributed by atoms with van der Waals surface area (Å²) in [5.74, 6) is 0. The van der Waals surface area contributed by atoms with Gasteiger partial charge in [0.1, 0.15) is 31.1 Å². The molecule has 2 rings (SSSR count). The SMILES string of the molecule is CC(C)OCC1OC(C)C(O)C1OP([O-])(=S)OCC1OC(C)CC1OC(C)C. The Labute approximate surface area is 173 Å². The van der Waals surface area contributed by atoms with Gasteiger partial charge in [-0.3, -0.25) is 0 Å². The van der Waals surface area contributed by atoms with E-state index in [1.807, 2.05) is 34.6 Å². The van der Waals surface area contributed by atoms with Crippen LogP contribution in [0.5, 0.6) is 0 Å². The summed E-state index contributed by atoms with van der Waals surface area (Å²) in [4.78, 5) is 12.7. The van der Waals surface area contributed by atoms with Crippen molar-refractivity contribution < 1.29 is 38.0 Å². The molecule has 1 N–H and O–H groups in total. The zero-order valence-corrected chi connectivity index (χ0v) is 19.2. The number of hydrogen-bond acceptors (Lipinski definition) is 9. The van der Waals surface area contributed by atoms with Crippen molar-refractivity contribution in [2.24, 2.45) is 0 Å². The molecule has 0 aromatic rings. The van der Waals surface area contributed by atoms with Gasteiger partial charge in [0.2, 0.25) is 0 Å². The summed E-state index contributed by atoms with van der Waals surface area (Å²) in [5, 5.41) is 10.3. The minimum absolute atomic E-state index is 0.00507. The molecule has 10 heteroatoms. The first-order valence-corrected chi connectivity index (χ1v) is 12.4. The molecule has 0 saturated carbocycles. The highest BCUT2D eigenvalue weighted by atomic mass is 32.5. The quantitative estimate of drug-likeness (QED) is 0.506. The summed E-state index contributed by atoms with van der Waals surface area (Å²) in [5.41, 5.74) is 0. The van der Waals surface area contributed by atoms with E-state index < -0.39 is 31.1 Å². The molecule has 0 bridgehead atoms. The third kappa shape index (κ3) is 7.23. The summed E-state index contributed by atoms with van der Waals surface area (Å²) in [6, 6.07) is 0. The van der Waals surface area contributed by atoms with Gasteiger partial charge >= 0.3 is 0 Å². The van der Waals surface area contributed by atoms with Crippen molar-refractivity contribution in [3.8, 4) is 0 Å². The van der Waals surface area contributed by atoms with E-state index in [2.05, 4.69) is 0 Å². The molecule has 0 radical (unpaired) electrons. The predicted octanol–water partition coefficient (Wildman–Crippen LogP) is 1.52. The first-order valence-electron chi connectivity index (χ1n) is 9.88. The van der Waals surface area contributed by atoms with Crippen LogP contribution < -0.4 is 4.89 Å². The smallest absolute Gasteiger partial charge is 0.121 e. The largest absolute Gasteiger partial charge is 0.780 e. The van der Waals surface area contributed by atoms with Crippen molar-refractivity contribution in [3.05, 3.63) is 0 Å². The summed E-state index contributed by atoms with van der Waals surface area (Å²) >= 11 is 5.06. The van der Waals surface area contributed by atoms with Gasteiger partial charge in [0.15, 0.2) is 0 Å². The van der Waals surface area contributed by atoms with Gasteiger partial charge in [0.25, 0.3) is 0 Å².